The van der Waals surface area contributed by atoms with Gasteiger partial charge in [-0.2, -0.15) is 0 Å². The zero-order chi connectivity index (χ0) is 28.1. The van der Waals surface area contributed by atoms with E-state index in [1.54, 1.807) is 13.0 Å². The summed E-state index contributed by atoms with van der Waals surface area (Å²) in [7, 11) is 0. The molecule has 2 N–H and O–H groups in total. The summed E-state index contributed by atoms with van der Waals surface area (Å²) in [6, 6.07) is 4.88. The highest BCUT2D eigenvalue weighted by Gasteiger charge is 2.50. The minimum atomic E-state index is -0.708. The molecular formula is C32H44N6O3. The molecule has 2 aliphatic heterocycles. The van der Waals surface area contributed by atoms with Crippen LogP contribution in [0.25, 0.3) is 10.9 Å². The Kier molecular flexibility index (Phi) is 7.14. The van der Waals surface area contributed by atoms with Gasteiger partial charge >= 0.3 is 0 Å². The number of anilines is 1. The van der Waals surface area contributed by atoms with Crippen LogP contribution in [0.4, 0.5) is 5.69 Å². The summed E-state index contributed by atoms with van der Waals surface area (Å²) >= 11 is 0. The van der Waals surface area contributed by atoms with Gasteiger partial charge in [0.05, 0.1) is 11.1 Å². The predicted molar refractivity (Wildman–Crippen MR) is 159 cm³/mol. The third-order valence-corrected chi connectivity index (χ3v) is 11.0. The summed E-state index contributed by atoms with van der Waals surface area (Å²) < 4.78 is 1.44. The van der Waals surface area contributed by atoms with Crippen LogP contribution in [0, 0.1) is 30.1 Å². The number of nitrogens with zero attached hydrogens (tertiary/aromatic N) is 4. The van der Waals surface area contributed by atoms with Crippen molar-refractivity contribution in [2.24, 2.45) is 23.2 Å². The monoisotopic (exact) mass is 560 g/mol. The second-order valence-electron chi connectivity index (χ2n) is 13.8. The van der Waals surface area contributed by atoms with E-state index in [1.807, 2.05) is 12.1 Å². The van der Waals surface area contributed by atoms with Crippen molar-refractivity contribution in [3.8, 4) is 0 Å². The maximum absolute atomic E-state index is 13.4. The molecule has 8 rings (SSSR count). The van der Waals surface area contributed by atoms with E-state index >= 15 is 0 Å². The molecule has 1 aromatic carbocycles. The van der Waals surface area contributed by atoms with E-state index in [0.717, 1.165) is 62.7 Å². The van der Waals surface area contributed by atoms with Gasteiger partial charge in [0, 0.05) is 45.7 Å². The number of fused-ring (bicyclic) bond motifs is 1. The minimum Gasteiger partial charge on any atom is -0.382 e. The number of amides is 2. The van der Waals surface area contributed by atoms with Gasteiger partial charge in [0.15, 0.2) is 0 Å². The topological polar surface area (TPSA) is 99.6 Å². The molecule has 4 aliphatic carbocycles. The molecule has 2 amide bonds. The highest BCUT2D eigenvalue weighted by Crippen LogP contribution is 2.61. The van der Waals surface area contributed by atoms with Gasteiger partial charge in [-0.05, 0) is 100 Å². The number of hydrogen-bond acceptors (Lipinski definition) is 7. The summed E-state index contributed by atoms with van der Waals surface area (Å²) in [4.78, 5) is 47.5. The Morgan fingerprint density at radius 2 is 1.61 bits per heavy atom. The van der Waals surface area contributed by atoms with Crippen molar-refractivity contribution in [2.45, 2.75) is 70.8 Å². The molecule has 9 heteroatoms. The number of carbonyl (C=O) groups is 2. The number of nitrogens with one attached hydrogen (secondary N) is 2. The third kappa shape index (κ3) is 5.31. The maximum atomic E-state index is 13.4. The number of aromatic nitrogens is 2. The van der Waals surface area contributed by atoms with Crippen LogP contribution in [0.3, 0.4) is 0 Å². The Morgan fingerprint density at radius 3 is 2.27 bits per heavy atom. The average molecular weight is 561 g/mol. The number of carbonyl (C=O) groups excluding carboxylic acids is 2. The van der Waals surface area contributed by atoms with E-state index in [4.69, 9.17) is 4.98 Å². The van der Waals surface area contributed by atoms with Gasteiger partial charge in [-0.1, -0.05) is 6.07 Å². The number of piperidine rings is 1. The fourth-order valence-corrected chi connectivity index (χ4v) is 9.34. The van der Waals surface area contributed by atoms with E-state index in [0.29, 0.717) is 28.6 Å². The van der Waals surface area contributed by atoms with Gasteiger partial charge in [0.25, 0.3) is 5.56 Å². The number of benzene rings is 1. The lowest BCUT2D eigenvalue weighted by Gasteiger charge is -2.57. The smallest absolute Gasteiger partial charge is 0.262 e. The van der Waals surface area contributed by atoms with Crippen LogP contribution < -0.4 is 16.2 Å². The Labute approximate surface area is 242 Å². The van der Waals surface area contributed by atoms with Crippen molar-refractivity contribution in [3.63, 3.8) is 0 Å². The fraction of sp³-hybridized carbons (Fsp3) is 0.688. The quantitative estimate of drug-likeness (QED) is 0.478. The summed E-state index contributed by atoms with van der Waals surface area (Å²) in [5.41, 5.74) is 1.90. The lowest BCUT2D eigenvalue weighted by molar-refractivity contribution is -0.135. The Hall–Kier alpha value is -2.78. The first kappa shape index (κ1) is 27.1. The number of para-hydroxylation sites is 1. The Bertz CT molecular complexity index is 1360. The summed E-state index contributed by atoms with van der Waals surface area (Å²) in [6.45, 7) is 9.27. The molecular weight excluding hydrogens is 516 g/mol. The van der Waals surface area contributed by atoms with Gasteiger partial charge in [0.1, 0.15) is 17.4 Å². The molecule has 2 aromatic rings. The van der Waals surface area contributed by atoms with Gasteiger partial charge in [0.2, 0.25) is 11.8 Å². The molecule has 4 saturated carbocycles. The van der Waals surface area contributed by atoms with Crippen molar-refractivity contribution in [3.05, 3.63) is 34.4 Å². The molecule has 1 atom stereocenters. The highest BCUT2D eigenvalue weighted by molar-refractivity contribution is 5.99. The van der Waals surface area contributed by atoms with Crippen molar-refractivity contribution in [1.29, 1.82) is 0 Å². The first-order valence-electron chi connectivity index (χ1n) is 15.9. The molecule has 3 heterocycles. The van der Waals surface area contributed by atoms with E-state index in [-0.39, 0.29) is 17.9 Å². The second-order valence-corrected chi connectivity index (χ2v) is 13.8. The minimum absolute atomic E-state index is 0.220. The second kappa shape index (κ2) is 10.8. The van der Waals surface area contributed by atoms with Crippen molar-refractivity contribution in [2.75, 3.05) is 51.1 Å². The number of imide groups is 1. The molecule has 41 heavy (non-hydrogen) atoms. The SMILES string of the molecule is Cc1nc2c(NCCN3CCN(CCC45CC6CC(CC(C6)C4)C5)CC3)cccc2c(=O)n1C1CCC(=O)NC1=O. The van der Waals surface area contributed by atoms with Gasteiger partial charge in [-0.3, -0.25) is 29.2 Å². The largest absolute Gasteiger partial charge is 0.382 e. The molecule has 0 radical (unpaired) electrons. The van der Waals surface area contributed by atoms with Crippen molar-refractivity contribution >= 4 is 28.4 Å². The lowest BCUT2D eigenvalue weighted by Crippen LogP contribution is -2.50. The van der Waals surface area contributed by atoms with Gasteiger partial charge in [-0.15, -0.1) is 0 Å². The molecule has 6 fully saturated rings. The maximum Gasteiger partial charge on any atom is 0.262 e. The van der Waals surface area contributed by atoms with Crippen LogP contribution >= 0.6 is 0 Å². The zero-order valence-electron chi connectivity index (χ0n) is 24.4. The van der Waals surface area contributed by atoms with Crippen LogP contribution in [0.2, 0.25) is 0 Å². The molecule has 4 bridgehead atoms. The van der Waals surface area contributed by atoms with E-state index in [2.05, 4.69) is 20.4 Å². The molecule has 1 unspecified atom stereocenters. The molecule has 1 aromatic heterocycles. The van der Waals surface area contributed by atoms with Crippen LogP contribution in [0.5, 0.6) is 0 Å². The zero-order valence-corrected chi connectivity index (χ0v) is 24.4. The van der Waals surface area contributed by atoms with Crippen molar-refractivity contribution < 1.29 is 9.59 Å². The fourth-order valence-electron chi connectivity index (χ4n) is 9.34. The summed E-state index contributed by atoms with van der Waals surface area (Å²) in [6.07, 6.45) is 11.1. The molecule has 220 valence electrons. The van der Waals surface area contributed by atoms with Crippen LogP contribution in [-0.2, 0) is 9.59 Å². The normalized spacial score (nSPS) is 32.0. The lowest BCUT2D eigenvalue weighted by atomic mass is 9.49. The molecule has 0 spiro atoms. The molecule has 6 aliphatic rings. The Balaban J connectivity index is 0.924. The third-order valence-electron chi connectivity index (χ3n) is 11.0. The van der Waals surface area contributed by atoms with Crippen LogP contribution in [0.1, 0.15) is 69.7 Å². The highest BCUT2D eigenvalue weighted by atomic mass is 16.2. The number of piperazine rings is 1. The Morgan fingerprint density at radius 1 is 0.951 bits per heavy atom. The summed E-state index contributed by atoms with van der Waals surface area (Å²) in [5.74, 6) is 2.87. The van der Waals surface area contributed by atoms with Crippen LogP contribution in [0.15, 0.2) is 23.0 Å². The first-order chi connectivity index (χ1) is 19.9. The predicted octanol–water partition coefficient (Wildman–Crippen LogP) is 3.32. The summed E-state index contributed by atoms with van der Waals surface area (Å²) in [5, 5.41) is 6.36. The number of rotatable bonds is 8. The van der Waals surface area contributed by atoms with Crippen LogP contribution in [-0.4, -0.2) is 77.0 Å². The van der Waals surface area contributed by atoms with Gasteiger partial charge < -0.3 is 10.2 Å². The standard InChI is InChI=1S/C32H44N6O3/c1-21-34-29-25(31(41)38(21)27-5-6-28(39)35-30(27)40)3-2-4-26(29)33-8-10-37-13-11-36(12-14-37)9-7-32-18-22-15-23(19-32)17-24(16-22)20-32/h2-4,22-24,27,33H,5-20H2,1H3,(H,35,39,40). The first-order valence-corrected chi connectivity index (χ1v) is 15.9. The number of hydrogen-bond donors (Lipinski definition) is 2. The molecule has 9 nitrogen and oxygen atoms in total. The van der Waals surface area contributed by atoms with Crippen molar-refractivity contribution in [1.82, 2.24) is 24.7 Å². The average Bonchev–Trinajstić information content (AvgIpc) is 2.93. The van der Waals surface area contributed by atoms with Gasteiger partial charge in [-0.25, -0.2) is 4.98 Å². The molecule has 2 saturated heterocycles. The van der Waals surface area contributed by atoms with E-state index in [9.17, 15) is 14.4 Å². The van der Waals surface area contributed by atoms with E-state index in [1.165, 1.54) is 56.1 Å². The van der Waals surface area contributed by atoms with E-state index < -0.39 is 11.9 Å². The number of aryl methyl sites for hydroxylation is 1.